The summed E-state index contributed by atoms with van der Waals surface area (Å²) in [7, 11) is 0. The normalized spacial score (nSPS) is 14.3. The van der Waals surface area contributed by atoms with Gasteiger partial charge in [-0.05, 0) is 50.3 Å². The van der Waals surface area contributed by atoms with E-state index in [0.717, 1.165) is 16.7 Å². The third-order valence-corrected chi connectivity index (χ3v) is 7.26. The van der Waals surface area contributed by atoms with E-state index in [2.05, 4.69) is 20.9 Å². The Labute approximate surface area is 280 Å². The Balaban J connectivity index is 1.38. The standard InChI is InChI=1S/C36H43N5O7/c1-36(2,3)48-35(45)38-30(23-26-13-7-4-8-14-26)31(42)37-29-19-21-41(22-20-29)32(39-33(43)46-24-27-15-9-5-10-16-27)40-34(44)47-25-28-17-11-6-12-18-28/h4-18,29-30H,19-25H2,1-3H3,(H,37,42)(H,38,45)(H,39,40,43,44)/t30-/m0/s1. The lowest BCUT2D eigenvalue weighted by atomic mass is 10.0. The molecule has 12 nitrogen and oxygen atoms in total. The largest absolute Gasteiger partial charge is 0.444 e. The summed E-state index contributed by atoms with van der Waals surface area (Å²) >= 11 is 0. The number of guanidine groups is 1. The van der Waals surface area contributed by atoms with Gasteiger partial charge in [-0.1, -0.05) is 91.0 Å². The highest BCUT2D eigenvalue weighted by Gasteiger charge is 2.29. The molecule has 0 bridgehead atoms. The van der Waals surface area contributed by atoms with E-state index in [4.69, 9.17) is 14.2 Å². The monoisotopic (exact) mass is 657 g/mol. The molecule has 3 aromatic carbocycles. The molecule has 0 aliphatic carbocycles. The zero-order chi connectivity index (χ0) is 34.4. The van der Waals surface area contributed by atoms with Gasteiger partial charge in [0.2, 0.25) is 11.9 Å². The van der Waals surface area contributed by atoms with E-state index in [1.807, 2.05) is 91.0 Å². The van der Waals surface area contributed by atoms with E-state index in [1.54, 1.807) is 25.7 Å². The minimum Gasteiger partial charge on any atom is -0.444 e. The molecule has 0 saturated carbocycles. The van der Waals surface area contributed by atoms with Crippen LogP contribution in [0.2, 0.25) is 0 Å². The summed E-state index contributed by atoms with van der Waals surface area (Å²) in [6.45, 7) is 6.04. The van der Waals surface area contributed by atoms with E-state index >= 15 is 0 Å². The quantitative estimate of drug-likeness (QED) is 0.159. The van der Waals surface area contributed by atoms with Crippen LogP contribution in [0.4, 0.5) is 14.4 Å². The third-order valence-electron chi connectivity index (χ3n) is 7.26. The van der Waals surface area contributed by atoms with Crippen LogP contribution in [0.1, 0.15) is 50.3 Å². The maximum atomic E-state index is 13.4. The molecule has 1 aliphatic heterocycles. The minimum absolute atomic E-state index is 0.00977. The molecule has 3 N–H and O–H groups in total. The van der Waals surface area contributed by atoms with Crippen molar-refractivity contribution in [3.63, 3.8) is 0 Å². The second-order valence-corrected chi connectivity index (χ2v) is 12.3. The number of hydrogen-bond donors (Lipinski definition) is 3. The summed E-state index contributed by atoms with van der Waals surface area (Å²) < 4.78 is 16.1. The summed E-state index contributed by atoms with van der Waals surface area (Å²) in [5.74, 6) is -0.353. The van der Waals surface area contributed by atoms with Gasteiger partial charge in [-0.25, -0.2) is 14.4 Å². The van der Waals surface area contributed by atoms with Crippen LogP contribution in [0.15, 0.2) is 96.0 Å². The predicted molar refractivity (Wildman–Crippen MR) is 180 cm³/mol. The van der Waals surface area contributed by atoms with Crippen molar-refractivity contribution < 1.29 is 33.4 Å². The third kappa shape index (κ3) is 12.4. The van der Waals surface area contributed by atoms with Crippen molar-refractivity contribution in [2.24, 2.45) is 4.99 Å². The molecule has 4 rings (SSSR count). The Hall–Kier alpha value is -5.39. The average Bonchev–Trinajstić information content (AvgIpc) is 3.07. The highest BCUT2D eigenvalue weighted by Crippen LogP contribution is 2.14. The molecule has 1 aliphatic rings. The number of rotatable bonds is 9. The fraction of sp³-hybridized carbons (Fsp3) is 0.361. The van der Waals surface area contributed by atoms with Gasteiger partial charge in [-0.3, -0.25) is 10.1 Å². The Kier molecular flexibility index (Phi) is 12.9. The van der Waals surface area contributed by atoms with Gasteiger partial charge >= 0.3 is 18.3 Å². The molecule has 0 unspecified atom stereocenters. The van der Waals surface area contributed by atoms with Crippen LogP contribution in [-0.2, 0) is 38.6 Å². The van der Waals surface area contributed by atoms with Gasteiger partial charge in [0.1, 0.15) is 24.9 Å². The van der Waals surface area contributed by atoms with E-state index in [1.165, 1.54) is 0 Å². The number of nitrogens with one attached hydrogen (secondary N) is 3. The summed E-state index contributed by atoms with van der Waals surface area (Å²) in [4.78, 5) is 57.3. The van der Waals surface area contributed by atoms with Crippen LogP contribution in [-0.4, -0.2) is 65.8 Å². The van der Waals surface area contributed by atoms with Crippen LogP contribution in [0.25, 0.3) is 0 Å². The maximum Gasteiger partial charge on any atom is 0.437 e. The molecule has 0 aromatic heterocycles. The molecule has 0 radical (unpaired) electrons. The number of likely N-dealkylation sites (tertiary alicyclic amines) is 1. The van der Waals surface area contributed by atoms with Crippen molar-refractivity contribution in [3.8, 4) is 0 Å². The molecule has 12 heteroatoms. The topological polar surface area (TPSA) is 148 Å². The Morgan fingerprint density at radius 3 is 1.83 bits per heavy atom. The van der Waals surface area contributed by atoms with Gasteiger partial charge in [0.05, 0.1) is 0 Å². The number of nitrogens with zero attached hydrogens (tertiary/aromatic N) is 2. The van der Waals surface area contributed by atoms with E-state index in [0.29, 0.717) is 25.9 Å². The Morgan fingerprint density at radius 2 is 1.29 bits per heavy atom. The lowest BCUT2D eigenvalue weighted by Crippen LogP contribution is -2.55. The summed E-state index contributed by atoms with van der Waals surface area (Å²) in [5.41, 5.74) is 1.76. The van der Waals surface area contributed by atoms with Crippen molar-refractivity contribution in [3.05, 3.63) is 108 Å². The molecular formula is C36H43N5O7. The first kappa shape index (κ1) is 35.5. The molecule has 1 fully saturated rings. The fourth-order valence-electron chi connectivity index (χ4n) is 4.91. The molecule has 4 amide bonds. The van der Waals surface area contributed by atoms with Gasteiger partial charge < -0.3 is 29.7 Å². The lowest BCUT2D eigenvalue weighted by molar-refractivity contribution is -0.124. The highest BCUT2D eigenvalue weighted by molar-refractivity contribution is 5.98. The predicted octanol–water partition coefficient (Wildman–Crippen LogP) is 5.32. The van der Waals surface area contributed by atoms with E-state index < -0.39 is 29.9 Å². The summed E-state index contributed by atoms with van der Waals surface area (Å²) in [6, 6.07) is 26.7. The van der Waals surface area contributed by atoms with Crippen molar-refractivity contribution >= 4 is 30.1 Å². The number of ether oxygens (including phenoxy) is 3. The maximum absolute atomic E-state index is 13.4. The van der Waals surface area contributed by atoms with Gasteiger partial charge in [0.25, 0.3) is 0 Å². The first-order chi connectivity index (χ1) is 23.0. The number of piperidine rings is 1. The van der Waals surface area contributed by atoms with E-state index in [9.17, 15) is 19.2 Å². The smallest absolute Gasteiger partial charge is 0.437 e. The lowest BCUT2D eigenvalue weighted by Gasteiger charge is -2.34. The SMILES string of the molecule is CC(C)(C)OC(=O)N[C@@H](Cc1ccccc1)C(=O)NC1CCN(C(=NC(=O)OCc2ccccc2)NC(=O)OCc2ccccc2)CC1. The number of carbonyl (C=O) groups excluding carboxylic acids is 4. The molecule has 0 spiro atoms. The molecule has 254 valence electrons. The van der Waals surface area contributed by atoms with Crippen LogP contribution in [0.5, 0.6) is 0 Å². The van der Waals surface area contributed by atoms with E-state index in [-0.39, 0.29) is 37.5 Å². The summed E-state index contributed by atoms with van der Waals surface area (Å²) in [6.07, 6.45) is -1.09. The first-order valence-corrected chi connectivity index (χ1v) is 15.9. The van der Waals surface area contributed by atoms with Crippen molar-refractivity contribution in [1.82, 2.24) is 20.9 Å². The molecule has 1 heterocycles. The number of carbonyl (C=O) groups is 4. The molecule has 48 heavy (non-hydrogen) atoms. The number of benzene rings is 3. The highest BCUT2D eigenvalue weighted by atomic mass is 16.6. The van der Waals surface area contributed by atoms with Gasteiger partial charge in [-0.2, -0.15) is 0 Å². The fourth-order valence-corrected chi connectivity index (χ4v) is 4.91. The van der Waals surface area contributed by atoms with Crippen LogP contribution >= 0.6 is 0 Å². The summed E-state index contributed by atoms with van der Waals surface area (Å²) in [5, 5.41) is 8.35. The first-order valence-electron chi connectivity index (χ1n) is 15.9. The second kappa shape index (κ2) is 17.5. The average molecular weight is 658 g/mol. The number of hydrogen-bond acceptors (Lipinski definition) is 7. The molecule has 1 atom stereocenters. The van der Waals surface area contributed by atoms with Crippen molar-refractivity contribution in [2.75, 3.05) is 13.1 Å². The second-order valence-electron chi connectivity index (χ2n) is 12.3. The number of alkyl carbamates (subject to hydrolysis) is 2. The van der Waals surface area contributed by atoms with Crippen molar-refractivity contribution in [1.29, 1.82) is 0 Å². The molecule has 3 aromatic rings. The van der Waals surface area contributed by atoms with Gasteiger partial charge in [-0.15, -0.1) is 4.99 Å². The number of amides is 4. The zero-order valence-corrected chi connectivity index (χ0v) is 27.5. The van der Waals surface area contributed by atoms with Crippen LogP contribution in [0.3, 0.4) is 0 Å². The number of aliphatic imine (C=N–C) groups is 1. The zero-order valence-electron chi connectivity index (χ0n) is 27.5. The minimum atomic E-state index is -0.871. The van der Waals surface area contributed by atoms with Crippen molar-refractivity contribution in [2.45, 2.75) is 70.9 Å². The Bertz CT molecular complexity index is 1520. The Morgan fingerprint density at radius 1 is 0.771 bits per heavy atom. The van der Waals surface area contributed by atoms with Crippen LogP contribution < -0.4 is 16.0 Å². The van der Waals surface area contributed by atoms with Gasteiger partial charge in [0, 0.05) is 25.6 Å². The molecule has 1 saturated heterocycles. The molecular weight excluding hydrogens is 614 g/mol. The van der Waals surface area contributed by atoms with Gasteiger partial charge in [0.15, 0.2) is 0 Å². The van der Waals surface area contributed by atoms with Crippen LogP contribution in [0, 0.1) is 0 Å².